The van der Waals surface area contributed by atoms with Crippen LogP contribution in [-0.4, -0.2) is 81.9 Å². The fraction of sp³-hybridized carbons (Fsp3) is 0.500. The first kappa shape index (κ1) is 27.9. The predicted octanol–water partition coefficient (Wildman–Crippen LogP) is 3.87. The Bertz CT molecular complexity index is 1490. The summed E-state index contributed by atoms with van der Waals surface area (Å²) in [4.78, 5) is 40.2. The molecular weight excluding hydrogens is 534 g/mol. The van der Waals surface area contributed by atoms with Gasteiger partial charge in [0.05, 0.1) is 38.4 Å². The molecule has 40 heavy (non-hydrogen) atoms. The summed E-state index contributed by atoms with van der Waals surface area (Å²) in [5.41, 5.74) is 0.0880. The number of amides is 1. The summed E-state index contributed by atoms with van der Waals surface area (Å²) >= 11 is 1.37. The number of ether oxygens (including phenoxy) is 3. The average Bonchev–Trinajstić information content (AvgIpc) is 3.18. The molecule has 2 aliphatic heterocycles. The van der Waals surface area contributed by atoms with Crippen LogP contribution in [0.2, 0.25) is 0 Å². The van der Waals surface area contributed by atoms with Crippen molar-refractivity contribution in [2.24, 2.45) is 0 Å². The summed E-state index contributed by atoms with van der Waals surface area (Å²) in [5.74, 6) is 1.46. The van der Waals surface area contributed by atoms with Crippen molar-refractivity contribution in [2.45, 2.75) is 63.0 Å². The summed E-state index contributed by atoms with van der Waals surface area (Å²) in [6.07, 6.45) is 3.26. The third-order valence-corrected chi connectivity index (χ3v) is 7.84. The topological polar surface area (TPSA) is 119 Å². The second kappa shape index (κ2) is 10.7. The molecule has 0 radical (unpaired) electrons. The zero-order valence-corrected chi connectivity index (χ0v) is 24.4. The van der Waals surface area contributed by atoms with Crippen LogP contribution in [-0.2, 0) is 11.3 Å². The number of thioether (sulfide) groups is 1. The second-order valence-electron chi connectivity index (χ2n) is 11.0. The summed E-state index contributed by atoms with van der Waals surface area (Å²) in [6, 6.07) is 6.70. The number of carbonyl (C=O) groups is 1. The predicted molar refractivity (Wildman–Crippen MR) is 153 cm³/mol. The lowest BCUT2D eigenvalue weighted by Gasteiger charge is -2.42. The zero-order chi connectivity index (χ0) is 28.8. The van der Waals surface area contributed by atoms with Gasteiger partial charge in [-0.3, -0.25) is 14.3 Å². The first-order chi connectivity index (χ1) is 19.0. The van der Waals surface area contributed by atoms with E-state index in [1.54, 1.807) is 32.4 Å². The van der Waals surface area contributed by atoms with Gasteiger partial charge in [0.1, 0.15) is 28.3 Å². The molecule has 5 rings (SSSR count). The Kier molecular flexibility index (Phi) is 7.47. The van der Waals surface area contributed by atoms with Gasteiger partial charge in [0.25, 0.3) is 5.56 Å². The van der Waals surface area contributed by atoms with Gasteiger partial charge < -0.3 is 24.2 Å². The van der Waals surface area contributed by atoms with E-state index < -0.39 is 11.2 Å². The SMILES string of the molecule is COc1ccc(Cn2c(O)cc3nc(SC)nc(N4CC5CCC(C4)N5C(=O)OC(C)(C)C)c3c2=O)c(OC)c1. The molecule has 4 heterocycles. The number of carbonyl (C=O) groups excluding carboxylic acids is 1. The van der Waals surface area contributed by atoms with Gasteiger partial charge in [0.15, 0.2) is 11.0 Å². The van der Waals surface area contributed by atoms with E-state index >= 15 is 0 Å². The quantitative estimate of drug-likeness (QED) is 0.346. The largest absolute Gasteiger partial charge is 0.497 e. The Morgan fingerprint density at radius 1 is 1.10 bits per heavy atom. The maximum absolute atomic E-state index is 14.0. The van der Waals surface area contributed by atoms with Crippen LogP contribution < -0.4 is 19.9 Å². The molecule has 0 saturated carbocycles. The Labute approximate surface area is 237 Å². The van der Waals surface area contributed by atoms with E-state index in [4.69, 9.17) is 19.2 Å². The van der Waals surface area contributed by atoms with Gasteiger partial charge in [-0.2, -0.15) is 0 Å². The number of anilines is 1. The highest BCUT2D eigenvalue weighted by atomic mass is 32.2. The normalized spacial score (nSPS) is 18.8. The van der Waals surface area contributed by atoms with Crippen LogP contribution in [0.1, 0.15) is 39.2 Å². The van der Waals surface area contributed by atoms with E-state index in [0.717, 1.165) is 12.8 Å². The van der Waals surface area contributed by atoms with Gasteiger partial charge >= 0.3 is 6.09 Å². The van der Waals surface area contributed by atoms with Crippen molar-refractivity contribution < 1.29 is 24.1 Å². The van der Waals surface area contributed by atoms with E-state index in [-0.39, 0.29) is 30.6 Å². The highest BCUT2D eigenvalue weighted by Gasteiger charge is 2.45. The van der Waals surface area contributed by atoms with Gasteiger partial charge in [0.2, 0.25) is 0 Å². The number of nitrogens with zero attached hydrogens (tertiary/aromatic N) is 5. The minimum absolute atomic E-state index is 0.0563. The molecule has 2 atom stereocenters. The molecule has 11 nitrogen and oxygen atoms in total. The third-order valence-electron chi connectivity index (χ3n) is 7.29. The first-order valence-electron chi connectivity index (χ1n) is 13.2. The number of rotatable bonds is 6. The molecule has 0 aliphatic carbocycles. The second-order valence-corrected chi connectivity index (χ2v) is 11.8. The van der Waals surface area contributed by atoms with E-state index in [2.05, 4.69) is 9.88 Å². The van der Waals surface area contributed by atoms with Crippen molar-refractivity contribution >= 4 is 34.6 Å². The molecule has 2 bridgehead atoms. The lowest BCUT2D eigenvalue weighted by atomic mass is 10.1. The van der Waals surface area contributed by atoms with Crippen LogP contribution in [0.15, 0.2) is 34.2 Å². The average molecular weight is 570 g/mol. The van der Waals surface area contributed by atoms with Crippen LogP contribution in [0, 0.1) is 0 Å². The number of hydrogen-bond acceptors (Lipinski definition) is 10. The van der Waals surface area contributed by atoms with Gasteiger partial charge in [0, 0.05) is 30.8 Å². The molecule has 2 saturated heterocycles. The maximum Gasteiger partial charge on any atom is 0.410 e. The molecule has 2 fully saturated rings. The highest BCUT2D eigenvalue weighted by Crippen LogP contribution is 2.36. The van der Waals surface area contributed by atoms with E-state index in [0.29, 0.717) is 52.0 Å². The number of fused-ring (bicyclic) bond motifs is 3. The van der Waals surface area contributed by atoms with Gasteiger partial charge in [-0.1, -0.05) is 11.8 Å². The molecule has 2 aromatic heterocycles. The molecule has 12 heteroatoms. The summed E-state index contributed by atoms with van der Waals surface area (Å²) < 4.78 is 17.8. The number of pyridine rings is 1. The molecule has 2 unspecified atom stereocenters. The fourth-order valence-corrected chi connectivity index (χ4v) is 5.88. The third kappa shape index (κ3) is 5.24. The monoisotopic (exact) mass is 569 g/mol. The Hall–Kier alpha value is -3.67. The van der Waals surface area contributed by atoms with E-state index in [1.807, 2.05) is 31.9 Å². The number of aromatic nitrogens is 3. The minimum Gasteiger partial charge on any atom is -0.497 e. The first-order valence-corrected chi connectivity index (χ1v) is 14.4. The van der Waals surface area contributed by atoms with Crippen LogP contribution in [0.5, 0.6) is 17.4 Å². The van der Waals surface area contributed by atoms with Crippen molar-refractivity contribution in [3.05, 3.63) is 40.2 Å². The molecule has 1 aromatic carbocycles. The van der Waals surface area contributed by atoms with Crippen molar-refractivity contribution in [2.75, 3.05) is 38.5 Å². The molecule has 1 N–H and O–H groups in total. The molecule has 0 spiro atoms. The number of methoxy groups -OCH3 is 2. The number of piperazine rings is 1. The van der Waals surface area contributed by atoms with Crippen molar-refractivity contribution in [3.8, 4) is 17.4 Å². The molecule has 214 valence electrons. The van der Waals surface area contributed by atoms with Crippen LogP contribution >= 0.6 is 11.8 Å². The smallest absolute Gasteiger partial charge is 0.410 e. The summed E-state index contributed by atoms with van der Waals surface area (Å²) in [5, 5.41) is 11.7. The van der Waals surface area contributed by atoms with Crippen LogP contribution in [0.25, 0.3) is 10.9 Å². The van der Waals surface area contributed by atoms with Crippen molar-refractivity contribution in [3.63, 3.8) is 0 Å². The van der Waals surface area contributed by atoms with Gasteiger partial charge in [-0.15, -0.1) is 0 Å². The minimum atomic E-state index is -0.580. The Balaban J connectivity index is 1.55. The number of hydrogen-bond donors (Lipinski definition) is 1. The highest BCUT2D eigenvalue weighted by molar-refractivity contribution is 7.98. The Morgan fingerprint density at radius 3 is 2.40 bits per heavy atom. The summed E-state index contributed by atoms with van der Waals surface area (Å²) in [6.45, 7) is 6.70. The Morgan fingerprint density at radius 2 is 1.80 bits per heavy atom. The van der Waals surface area contributed by atoms with Crippen LogP contribution in [0.3, 0.4) is 0 Å². The molecule has 1 amide bonds. The lowest BCUT2D eigenvalue weighted by molar-refractivity contribution is 0.0123. The number of benzene rings is 1. The standard InChI is InChI=1S/C28H35N5O6S/c1-28(2,3)39-27(36)33-17-8-9-18(33)15-31(14-17)24-23-20(29-26(30-24)40-6)12-22(34)32(25(23)35)13-16-7-10-19(37-4)11-21(16)38-5/h7,10-12,17-18,34H,8-9,13-15H2,1-6H3. The van der Waals surface area contributed by atoms with Crippen molar-refractivity contribution in [1.82, 2.24) is 19.4 Å². The van der Waals surface area contributed by atoms with Crippen LogP contribution in [0.4, 0.5) is 10.6 Å². The molecular formula is C28H35N5O6S. The van der Waals surface area contributed by atoms with Gasteiger partial charge in [-0.25, -0.2) is 14.8 Å². The zero-order valence-electron chi connectivity index (χ0n) is 23.6. The molecule has 2 aliphatic rings. The molecule has 3 aromatic rings. The van der Waals surface area contributed by atoms with E-state index in [9.17, 15) is 14.7 Å². The van der Waals surface area contributed by atoms with Crippen molar-refractivity contribution in [1.29, 1.82) is 0 Å². The number of aromatic hydroxyl groups is 1. The van der Waals surface area contributed by atoms with E-state index in [1.165, 1.54) is 22.4 Å². The lowest BCUT2D eigenvalue weighted by Crippen LogP contribution is -2.57. The maximum atomic E-state index is 14.0. The fourth-order valence-electron chi connectivity index (χ4n) is 5.51. The summed E-state index contributed by atoms with van der Waals surface area (Å²) in [7, 11) is 3.11. The van der Waals surface area contributed by atoms with Gasteiger partial charge in [-0.05, 0) is 52.0 Å².